The van der Waals surface area contributed by atoms with E-state index in [-0.39, 0.29) is 12.8 Å². The molecule has 0 spiro atoms. The van der Waals surface area contributed by atoms with Gasteiger partial charge in [-0.3, -0.25) is 9.48 Å². The van der Waals surface area contributed by atoms with E-state index in [9.17, 15) is 14.4 Å². The van der Waals surface area contributed by atoms with Crippen LogP contribution in [0.1, 0.15) is 19.3 Å². The van der Waals surface area contributed by atoms with E-state index in [4.69, 9.17) is 10.8 Å². The lowest BCUT2D eigenvalue weighted by Crippen LogP contribution is -2.46. The first-order valence-electron chi connectivity index (χ1n) is 6.52. The van der Waals surface area contributed by atoms with Crippen LogP contribution in [0, 0.1) is 0 Å². The van der Waals surface area contributed by atoms with Crippen molar-refractivity contribution < 1.29 is 19.5 Å². The Morgan fingerprint density at radius 3 is 2.71 bits per heavy atom. The standard InChI is InChI=1S/C12H19N5O4/c13-10(18)4-3-9(11(19)20)16-12(21)14-5-1-7-17-8-2-6-15-17/h2,6,8-9H,1,3-5,7H2,(H2,13,18)(H,19,20)(H2,14,16,21). The molecule has 0 saturated heterocycles. The summed E-state index contributed by atoms with van der Waals surface area (Å²) in [7, 11) is 0. The molecule has 1 aromatic heterocycles. The summed E-state index contributed by atoms with van der Waals surface area (Å²) in [5, 5.41) is 17.8. The van der Waals surface area contributed by atoms with Crippen LogP contribution in [0.5, 0.6) is 0 Å². The minimum atomic E-state index is -1.21. The number of primary amides is 1. The molecule has 116 valence electrons. The molecule has 1 aromatic rings. The normalized spacial score (nSPS) is 11.6. The van der Waals surface area contributed by atoms with E-state index < -0.39 is 23.9 Å². The van der Waals surface area contributed by atoms with Gasteiger partial charge in [0.2, 0.25) is 5.91 Å². The van der Waals surface area contributed by atoms with Crippen molar-refractivity contribution in [2.75, 3.05) is 6.54 Å². The molecule has 0 radical (unpaired) electrons. The van der Waals surface area contributed by atoms with Crippen LogP contribution in [0.4, 0.5) is 4.79 Å². The number of amides is 3. The van der Waals surface area contributed by atoms with Gasteiger partial charge in [-0.1, -0.05) is 0 Å². The smallest absolute Gasteiger partial charge is 0.326 e. The number of rotatable bonds is 9. The second-order valence-corrected chi connectivity index (χ2v) is 4.42. The number of nitrogens with two attached hydrogens (primary N) is 1. The summed E-state index contributed by atoms with van der Waals surface area (Å²) < 4.78 is 1.73. The van der Waals surface area contributed by atoms with Crippen molar-refractivity contribution in [3.63, 3.8) is 0 Å². The number of aromatic nitrogens is 2. The second-order valence-electron chi connectivity index (χ2n) is 4.42. The lowest BCUT2D eigenvalue weighted by atomic mass is 10.1. The Morgan fingerprint density at radius 1 is 1.38 bits per heavy atom. The van der Waals surface area contributed by atoms with Crippen LogP contribution in [0.2, 0.25) is 0 Å². The van der Waals surface area contributed by atoms with Gasteiger partial charge >= 0.3 is 12.0 Å². The fraction of sp³-hybridized carbons (Fsp3) is 0.500. The average Bonchev–Trinajstić information content (AvgIpc) is 2.92. The first-order valence-corrected chi connectivity index (χ1v) is 6.52. The molecular weight excluding hydrogens is 278 g/mol. The van der Waals surface area contributed by atoms with Crippen LogP contribution < -0.4 is 16.4 Å². The van der Waals surface area contributed by atoms with Gasteiger partial charge in [0, 0.05) is 31.9 Å². The number of carbonyl (C=O) groups is 3. The maximum atomic E-state index is 11.5. The molecule has 0 aromatic carbocycles. The van der Waals surface area contributed by atoms with Crippen LogP contribution >= 0.6 is 0 Å². The zero-order valence-corrected chi connectivity index (χ0v) is 11.5. The molecule has 9 heteroatoms. The zero-order valence-electron chi connectivity index (χ0n) is 11.5. The number of hydrogen-bond acceptors (Lipinski definition) is 4. The molecule has 1 unspecified atom stereocenters. The predicted molar refractivity (Wildman–Crippen MR) is 73.2 cm³/mol. The Hall–Kier alpha value is -2.58. The summed E-state index contributed by atoms with van der Waals surface area (Å²) in [5.74, 6) is -1.81. The van der Waals surface area contributed by atoms with Gasteiger partial charge in [-0.15, -0.1) is 0 Å². The van der Waals surface area contributed by atoms with Crippen LogP contribution in [0.25, 0.3) is 0 Å². The molecule has 0 aliphatic rings. The minimum Gasteiger partial charge on any atom is -0.480 e. The third-order valence-electron chi connectivity index (χ3n) is 2.69. The number of nitrogens with zero attached hydrogens (tertiary/aromatic N) is 2. The Kier molecular flexibility index (Phi) is 6.72. The van der Waals surface area contributed by atoms with Gasteiger partial charge in [-0.2, -0.15) is 5.10 Å². The van der Waals surface area contributed by atoms with E-state index in [1.54, 1.807) is 16.9 Å². The highest BCUT2D eigenvalue weighted by Crippen LogP contribution is 1.97. The quantitative estimate of drug-likeness (QED) is 0.446. The molecule has 0 aliphatic heterocycles. The average molecular weight is 297 g/mol. The van der Waals surface area contributed by atoms with Crippen LogP contribution in [-0.2, 0) is 16.1 Å². The SMILES string of the molecule is NC(=O)CCC(NC(=O)NCCCn1cccn1)C(=O)O. The summed E-state index contributed by atoms with van der Waals surface area (Å²) in [4.78, 5) is 33.1. The van der Waals surface area contributed by atoms with Crippen LogP contribution in [-0.4, -0.2) is 45.4 Å². The molecule has 1 atom stereocenters. The van der Waals surface area contributed by atoms with Gasteiger partial charge in [0.1, 0.15) is 6.04 Å². The summed E-state index contributed by atoms with van der Waals surface area (Å²) in [6.07, 6.45) is 4.00. The Labute approximate surface area is 121 Å². The molecule has 0 saturated carbocycles. The van der Waals surface area contributed by atoms with Gasteiger partial charge in [0.25, 0.3) is 0 Å². The summed E-state index contributed by atoms with van der Waals surface area (Å²) >= 11 is 0. The van der Waals surface area contributed by atoms with Gasteiger partial charge in [0.05, 0.1) is 0 Å². The van der Waals surface area contributed by atoms with Crippen molar-refractivity contribution in [2.24, 2.45) is 5.73 Å². The molecule has 0 bridgehead atoms. The molecule has 5 N–H and O–H groups in total. The van der Waals surface area contributed by atoms with E-state index in [0.29, 0.717) is 19.5 Å². The van der Waals surface area contributed by atoms with Crippen molar-refractivity contribution in [2.45, 2.75) is 31.8 Å². The number of nitrogens with one attached hydrogen (secondary N) is 2. The van der Waals surface area contributed by atoms with Gasteiger partial charge in [0.15, 0.2) is 0 Å². The Balaban J connectivity index is 2.23. The third-order valence-corrected chi connectivity index (χ3v) is 2.69. The predicted octanol–water partition coefficient (Wildman–Crippen LogP) is -0.709. The number of urea groups is 1. The second kappa shape index (κ2) is 8.56. The van der Waals surface area contributed by atoms with Gasteiger partial charge in [-0.05, 0) is 18.9 Å². The highest BCUT2D eigenvalue weighted by molar-refractivity contribution is 5.83. The molecule has 21 heavy (non-hydrogen) atoms. The minimum absolute atomic E-state index is 0.0363. The molecule has 9 nitrogen and oxygen atoms in total. The summed E-state index contributed by atoms with van der Waals surface area (Å²) in [6, 6.07) is 0.0759. The lowest BCUT2D eigenvalue weighted by molar-refractivity contribution is -0.139. The summed E-state index contributed by atoms with van der Waals surface area (Å²) in [6.45, 7) is 1.03. The maximum Gasteiger partial charge on any atom is 0.326 e. The lowest BCUT2D eigenvalue weighted by Gasteiger charge is -2.14. The number of carbonyl (C=O) groups excluding carboxylic acids is 2. The first-order chi connectivity index (χ1) is 9.99. The van der Waals surface area contributed by atoms with Crippen molar-refractivity contribution in [1.29, 1.82) is 0 Å². The van der Waals surface area contributed by atoms with E-state index >= 15 is 0 Å². The number of hydrogen-bond donors (Lipinski definition) is 4. The van der Waals surface area contributed by atoms with Crippen LogP contribution in [0.15, 0.2) is 18.5 Å². The van der Waals surface area contributed by atoms with Gasteiger partial charge in [-0.25, -0.2) is 9.59 Å². The molecule has 3 amide bonds. The number of carboxylic acids is 1. The van der Waals surface area contributed by atoms with E-state index in [2.05, 4.69) is 15.7 Å². The Bertz CT molecular complexity index is 474. The van der Waals surface area contributed by atoms with Crippen molar-refractivity contribution in [3.8, 4) is 0 Å². The number of aliphatic carboxylic acids is 1. The highest BCUT2D eigenvalue weighted by atomic mass is 16.4. The number of aryl methyl sites for hydroxylation is 1. The molecular formula is C12H19N5O4. The van der Waals surface area contributed by atoms with Crippen molar-refractivity contribution in [3.05, 3.63) is 18.5 Å². The first kappa shape index (κ1) is 16.5. The Morgan fingerprint density at radius 2 is 2.14 bits per heavy atom. The molecule has 0 aliphatic carbocycles. The fourth-order valence-electron chi connectivity index (χ4n) is 1.63. The zero-order chi connectivity index (χ0) is 15.7. The topological polar surface area (TPSA) is 139 Å². The third kappa shape index (κ3) is 6.95. The van der Waals surface area contributed by atoms with Crippen molar-refractivity contribution >= 4 is 17.9 Å². The van der Waals surface area contributed by atoms with E-state index in [1.807, 2.05) is 6.20 Å². The van der Waals surface area contributed by atoms with E-state index in [0.717, 1.165) is 0 Å². The van der Waals surface area contributed by atoms with Crippen molar-refractivity contribution in [1.82, 2.24) is 20.4 Å². The fourth-order valence-corrected chi connectivity index (χ4v) is 1.63. The van der Waals surface area contributed by atoms with Gasteiger partial charge < -0.3 is 21.5 Å². The molecule has 1 rings (SSSR count). The summed E-state index contributed by atoms with van der Waals surface area (Å²) in [5.41, 5.74) is 4.95. The maximum absolute atomic E-state index is 11.5. The largest absolute Gasteiger partial charge is 0.480 e. The van der Waals surface area contributed by atoms with E-state index in [1.165, 1.54) is 0 Å². The highest BCUT2D eigenvalue weighted by Gasteiger charge is 2.20. The van der Waals surface area contributed by atoms with Crippen LogP contribution in [0.3, 0.4) is 0 Å². The monoisotopic (exact) mass is 297 g/mol. The number of carboxylic acid groups (broad SMARTS) is 1. The molecule has 0 fully saturated rings. The molecule has 1 heterocycles.